The van der Waals surface area contributed by atoms with E-state index in [1.54, 1.807) is 31.2 Å². The van der Waals surface area contributed by atoms with E-state index in [0.717, 1.165) is 11.8 Å². The summed E-state index contributed by atoms with van der Waals surface area (Å²) in [5.74, 6) is -0.675. The lowest BCUT2D eigenvalue weighted by atomic mass is 10.1. The summed E-state index contributed by atoms with van der Waals surface area (Å²) in [6, 6.07) is 11.7. The quantitative estimate of drug-likeness (QED) is 0.389. The molecule has 0 bridgehead atoms. The minimum Gasteiger partial charge on any atom is -0.449 e. The van der Waals surface area contributed by atoms with Gasteiger partial charge in [0.2, 0.25) is 16.0 Å². The highest BCUT2D eigenvalue weighted by Gasteiger charge is 2.13. The number of carbonyl (C=O) groups is 1. The molecule has 0 fully saturated rings. The normalized spacial score (nSPS) is 11.0. The maximum Gasteiger partial charge on any atom is 0.406 e. The van der Waals surface area contributed by atoms with Crippen LogP contribution < -0.4 is 21.1 Å². The third-order valence-electron chi connectivity index (χ3n) is 4.54. The van der Waals surface area contributed by atoms with E-state index in [9.17, 15) is 17.6 Å². The van der Waals surface area contributed by atoms with Crippen LogP contribution in [0.4, 0.5) is 32.3 Å². The number of sulfonamides is 1. The van der Waals surface area contributed by atoms with Crippen LogP contribution in [0.1, 0.15) is 11.1 Å². The Bertz CT molecular complexity index is 1250. The molecule has 2 aromatic carbocycles. The van der Waals surface area contributed by atoms with Crippen LogP contribution >= 0.6 is 0 Å². The van der Waals surface area contributed by atoms with E-state index in [0.29, 0.717) is 23.4 Å². The van der Waals surface area contributed by atoms with Gasteiger partial charge in [0.1, 0.15) is 0 Å². The first-order chi connectivity index (χ1) is 15.7. The molecular formula is C21H23FN6O4S. The van der Waals surface area contributed by atoms with Crippen molar-refractivity contribution in [2.45, 2.75) is 18.2 Å². The smallest absolute Gasteiger partial charge is 0.406 e. The average molecular weight is 475 g/mol. The Morgan fingerprint density at radius 1 is 1.12 bits per heavy atom. The van der Waals surface area contributed by atoms with Crippen LogP contribution in [0.3, 0.4) is 0 Å². The second-order valence-electron chi connectivity index (χ2n) is 7.00. The van der Waals surface area contributed by atoms with Crippen LogP contribution in [0.15, 0.2) is 53.6 Å². The maximum absolute atomic E-state index is 14.3. The number of hydrogen-bond acceptors (Lipinski definition) is 8. The molecule has 0 atom stereocenters. The zero-order valence-electron chi connectivity index (χ0n) is 17.9. The molecule has 3 aromatic rings. The Morgan fingerprint density at radius 3 is 2.48 bits per heavy atom. The van der Waals surface area contributed by atoms with Gasteiger partial charge >= 0.3 is 6.09 Å². The number of hydrogen-bond donors (Lipinski definition) is 4. The lowest BCUT2D eigenvalue weighted by Crippen LogP contribution is -2.20. The van der Waals surface area contributed by atoms with E-state index in [-0.39, 0.29) is 23.3 Å². The molecule has 5 N–H and O–H groups in total. The molecule has 1 aromatic heterocycles. The summed E-state index contributed by atoms with van der Waals surface area (Å²) in [7, 11) is -2.42. The Labute approximate surface area is 190 Å². The highest BCUT2D eigenvalue weighted by Crippen LogP contribution is 2.23. The van der Waals surface area contributed by atoms with Crippen LogP contribution in [0.25, 0.3) is 0 Å². The fourth-order valence-electron chi connectivity index (χ4n) is 2.85. The summed E-state index contributed by atoms with van der Waals surface area (Å²) >= 11 is 0. The predicted molar refractivity (Wildman–Crippen MR) is 122 cm³/mol. The van der Waals surface area contributed by atoms with Crippen molar-refractivity contribution in [1.82, 2.24) is 15.3 Å². The molecule has 0 aliphatic heterocycles. The average Bonchev–Trinajstić information content (AvgIpc) is 2.77. The van der Waals surface area contributed by atoms with Gasteiger partial charge in [-0.15, -0.1) is 0 Å². The number of aryl methyl sites for hydroxylation is 1. The van der Waals surface area contributed by atoms with Crippen LogP contribution in [-0.2, 0) is 21.2 Å². The van der Waals surface area contributed by atoms with Gasteiger partial charge in [0, 0.05) is 24.8 Å². The van der Waals surface area contributed by atoms with Crippen molar-refractivity contribution in [3.8, 4) is 0 Å². The first-order valence-electron chi connectivity index (χ1n) is 9.79. The van der Waals surface area contributed by atoms with E-state index in [1.165, 1.54) is 13.1 Å². The van der Waals surface area contributed by atoms with Crippen LogP contribution in [0.5, 0.6) is 0 Å². The van der Waals surface area contributed by atoms with Crippen molar-refractivity contribution >= 4 is 39.3 Å². The Morgan fingerprint density at radius 2 is 1.82 bits per heavy atom. The van der Waals surface area contributed by atoms with Gasteiger partial charge in [0.05, 0.1) is 17.7 Å². The minimum absolute atomic E-state index is 0.0335. The molecule has 174 valence electrons. The fourth-order valence-corrected chi connectivity index (χ4v) is 3.66. The van der Waals surface area contributed by atoms with Gasteiger partial charge in [-0.2, -0.15) is 4.98 Å². The number of halogens is 1. The number of nitrogens with two attached hydrogens (primary N) is 1. The van der Waals surface area contributed by atoms with Crippen molar-refractivity contribution in [2.24, 2.45) is 5.14 Å². The number of nitrogens with zero attached hydrogens (tertiary/aromatic N) is 2. The van der Waals surface area contributed by atoms with Crippen molar-refractivity contribution in [1.29, 1.82) is 0 Å². The van der Waals surface area contributed by atoms with Crippen molar-refractivity contribution in [3.05, 3.63) is 65.6 Å². The van der Waals surface area contributed by atoms with Gasteiger partial charge in [0.15, 0.2) is 11.6 Å². The number of benzene rings is 2. The molecule has 10 nitrogen and oxygen atoms in total. The number of aromatic nitrogens is 2. The number of nitrogens with one attached hydrogen (secondary N) is 3. The van der Waals surface area contributed by atoms with Crippen LogP contribution in [0.2, 0.25) is 0 Å². The predicted octanol–water partition coefficient (Wildman–Crippen LogP) is 2.96. The third kappa shape index (κ3) is 6.60. The van der Waals surface area contributed by atoms with E-state index >= 15 is 0 Å². The number of alkyl carbamates (subject to hydrolysis) is 1. The van der Waals surface area contributed by atoms with Crippen LogP contribution in [-0.4, -0.2) is 38.1 Å². The summed E-state index contributed by atoms with van der Waals surface area (Å²) in [6.45, 7) is 1.86. The van der Waals surface area contributed by atoms with E-state index < -0.39 is 21.9 Å². The van der Waals surface area contributed by atoms with Crippen molar-refractivity contribution in [2.75, 3.05) is 24.3 Å². The van der Waals surface area contributed by atoms with Gasteiger partial charge in [-0.05, 0) is 42.3 Å². The Balaban J connectivity index is 1.70. The van der Waals surface area contributed by atoms with E-state index in [2.05, 4.69) is 25.9 Å². The molecule has 0 saturated carbocycles. The number of ether oxygens (including phenoxy) is 1. The molecule has 1 heterocycles. The molecule has 0 unspecified atom stereocenters. The monoisotopic (exact) mass is 474 g/mol. The topological polar surface area (TPSA) is 148 Å². The molecule has 1 amide bonds. The zero-order valence-corrected chi connectivity index (χ0v) is 18.7. The van der Waals surface area contributed by atoms with Crippen molar-refractivity contribution in [3.63, 3.8) is 0 Å². The minimum atomic E-state index is -3.90. The second-order valence-corrected chi connectivity index (χ2v) is 8.53. The number of rotatable bonds is 8. The first kappa shape index (κ1) is 23.9. The lowest BCUT2D eigenvalue weighted by molar-refractivity contribution is 0.150. The summed E-state index contributed by atoms with van der Waals surface area (Å²) in [4.78, 5) is 19.1. The van der Waals surface area contributed by atoms with Gasteiger partial charge in [0.25, 0.3) is 0 Å². The lowest BCUT2D eigenvalue weighted by Gasteiger charge is -2.11. The molecule has 0 aliphatic carbocycles. The van der Waals surface area contributed by atoms with E-state index in [4.69, 9.17) is 9.88 Å². The number of amides is 1. The summed E-state index contributed by atoms with van der Waals surface area (Å²) in [5.41, 5.74) is 2.39. The number of primary sulfonamides is 1. The summed E-state index contributed by atoms with van der Waals surface area (Å²) in [6.07, 6.45) is 1.03. The fraction of sp³-hybridized carbons (Fsp3) is 0.190. The SMILES string of the molecule is CNC(=O)OCCc1ccc(Nc2nc(Nc3ccc(C)c(S(N)(=O)=O)c3)ncc2F)cc1. The highest BCUT2D eigenvalue weighted by atomic mass is 32.2. The number of carbonyl (C=O) groups excluding carboxylic acids is 1. The highest BCUT2D eigenvalue weighted by molar-refractivity contribution is 7.89. The Kier molecular flexibility index (Phi) is 7.41. The van der Waals surface area contributed by atoms with Gasteiger partial charge in [-0.1, -0.05) is 18.2 Å². The van der Waals surface area contributed by atoms with Gasteiger partial charge in [-0.3, -0.25) is 0 Å². The van der Waals surface area contributed by atoms with Gasteiger partial charge in [-0.25, -0.2) is 27.7 Å². The molecule has 3 rings (SSSR count). The molecule has 33 heavy (non-hydrogen) atoms. The number of anilines is 4. The molecule has 0 saturated heterocycles. The van der Waals surface area contributed by atoms with E-state index in [1.807, 2.05) is 12.1 Å². The standard InChI is InChI=1S/C21H23FN6O4S/c1-13-3-6-16(11-18(13)33(23,30)31)27-20-25-12-17(22)19(28-20)26-15-7-4-14(5-8-15)9-10-32-21(29)24-2/h3-8,11-12H,9-10H2,1-2H3,(H,24,29)(H2,23,30,31)(H2,25,26,27,28). The Hall–Kier alpha value is -3.77. The largest absolute Gasteiger partial charge is 0.449 e. The summed E-state index contributed by atoms with van der Waals surface area (Å²) < 4.78 is 42.6. The maximum atomic E-state index is 14.3. The molecule has 0 spiro atoms. The first-order valence-corrected chi connectivity index (χ1v) is 11.3. The molecule has 12 heteroatoms. The molecular weight excluding hydrogens is 451 g/mol. The van der Waals surface area contributed by atoms with Crippen LogP contribution in [0, 0.1) is 12.7 Å². The van der Waals surface area contributed by atoms with Gasteiger partial charge < -0.3 is 20.7 Å². The second kappa shape index (κ2) is 10.2. The zero-order chi connectivity index (χ0) is 24.0. The van der Waals surface area contributed by atoms with Crippen molar-refractivity contribution < 1.29 is 22.3 Å². The summed E-state index contributed by atoms with van der Waals surface area (Å²) in [5, 5.41) is 13.3. The molecule has 0 aliphatic rings. The molecule has 0 radical (unpaired) electrons. The third-order valence-corrected chi connectivity index (χ3v) is 5.59.